The second-order valence-electron chi connectivity index (χ2n) is 4.22. The predicted octanol–water partition coefficient (Wildman–Crippen LogP) is 1.82. The van der Waals surface area contributed by atoms with Crippen LogP contribution >= 0.6 is 0 Å². The van der Waals surface area contributed by atoms with Gasteiger partial charge in [-0.3, -0.25) is 4.79 Å². The summed E-state index contributed by atoms with van der Waals surface area (Å²) in [5, 5.41) is 14.8. The lowest BCUT2D eigenvalue weighted by Crippen LogP contribution is -2.33. The van der Waals surface area contributed by atoms with Gasteiger partial charge in [0, 0.05) is 5.56 Å². The van der Waals surface area contributed by atoms with Crippen LogP contribution in [0.25, 0.3) is 0 Å². The Morgan fingerprint density at radius 2 is 2.05 bits per heavy atom. The summed E-state index contributed by atoms with van der Waals surface area (Å²) in [5.74, 6) is -1.21. The largest absolute Gasteiger partial charge is 0.480 e. The van der Waals surface area contributed by atoms with E-state index in [2.05, 4.69) is 10.2 Å². The summed E-state index contributed by atoms with van der Waals surface area (Å²) in [7, 11) is 0. The standard InChI is InChI=1S/C11H10F3N3O2/c12-11(13,14)10(16-17-10)7-3-1-2-6(4-7)5-8(15)9(18)19/h1-4,8H,5,15H2,(H,18,19)/t8-/m0/s1. The van der Waals surface area contributed by atoms with Gasteiger partial charge < -0.3 is 10.8 Å². The minimum absolute atomic E-state index is 0.0584. The number of benzene rings is 1. The van der Waals surface area contributed by atoms with Crippen molar-refractivity contribution in [1.29, 1.82) is 0 Å². The first-order valence-electron chi connectivity index (χ1n) is 5.35. The fourth-order valence-electron chi connectivity index (χ4n) is 1.70. The van der Waals surface area contributed by atoms with Gasteiger partial charge in [-0.15, -0.1) is 10.2 Å². The van der Waals surface area contributed by atoms with Gasteiger partial charge in [-0.25, -0.2) is 0 Å². The zero-order valence-corrected chi connectivity index (χ0v) is 9.55. The molecule has 0 amide bonds. The highest BCUT2D eigenvalue weighted by Crippen LogP contribution is 2.52. The molecule has 0 fully saturated rings. The van der Waals surface area contributed by atoms with E-state index in [1.165, 1.54) is 24.3 Å². The molecule has 0 radical (unpaired) electrons. The van der Waals surface area contributed by atoms with Crippen LogP contribution in [0.3, 0.4) is 0 Å². The highest BCUT2D eigenvalue weighted by molar-refractivity contribution is 5.73. The number of nitrogens with two attached hydrogens (primary N) is 1. The minimum Gasteiger partial charge on any atom is -0.480 e. The second-order valence-corrected chi connectivity index (χ2v) is 4.22. The van der Waals surface area contributed by atoms with Gasteiger partial charge in [-0.05, 0) is 12.0 Å². The SMILES string of the molecule is N[C@@H](Cc1cccc(C2(C(F)(F)F)N=N2)c1)C(=O)O. The molecule has 5 nitrogen and oxygen atoms in total. The van der Waals surface area contributed by atoms with Crippen LogP contribution in [0.15, 0.2) is 34.5 Å². The Morgan fingerprint density at radius 3 is 2.53 bits per heavy atom. The summed E-state index contributed by atoms with van der Waals surface area (Å²) in [4.78, 5) is 10.6. The smallest absolute Gasteiger partial charge is 0.442 e. The molecule has 1 aromatic rings. The first-order chi connectivity index (χ1) is 8.76. The van der Waals surface area contributed by atoms with E-state index in [1.807, 2.05) is 0 Å². The second kappa shape index (κ2) is 4.30. The van der Waals surface area contributed by atoms with E-state index in [-0.39, 0.29) is 12.0 Å². The molecular weight excluding hydrogens is 263 g/mol. The van der Waals surface area contributed by atoms with Crippen LogP contribution in [0, 0.1) is 0 Å². The number of alkyl halides is 3. The van der Waals surface area contributed by atoms with Crippen molar-refractivity contribution in [3.05, 3.63) is 35.4 Å². The molecule has 0 unspecified atom stereocenters. The van der Waals surface area contributed by atoms with Crippen molar-refractivity contribution in [3.63, 3.8) is 0 Å². The van der Waals surface area contributed by atoms with E-state index in [0.29, 0.717) is 5.56 Å². The zero-order valence-electron chi connectivity index (χ0n) is 9.55. The molecule has 19 heavy (non-hydrogen) atoms. The fraction of sp³-hybridized carbons (Fsp3) is 0.364. The van der Waals surface area contributed by atoms with E-state index in [4.69, 9.17) is 10.8 Å². The van der Waals surface area contributed by atoms with Crippen LogP contribution in [0.5, 0.6) is 0 Å². The lowest BCUT2D eigenvalue weighted by atomic mass is 9.97. The van der Waals surface area contributed by atoms with Crippen molar-refractivity contribution in [2.45, 2.75) is 24.3 Å². The van der Waals surface area contributed by atoms with Gasteiger partial charge in [0.15, 0.2) is 0 Å². The fourth-order valence-corrected chi connectivity index (χ4v) is 1.70. The average Bonchev–Trinajstić information content (AvgIpc) is 3.09. The lowest BCUT2D eigenvalue weighted by Gasteiger charge is -2.16. The highest BCUT2D eigenvalue weighted by atomic mass is 19.4. The Morgan fingerprint density at radius 1 is 1.42 bits per heavy atom. The van der Waals surface area contributed by atoms with Crippen LogP contribution in [-0.2, 0) is 16.9 Å². The molecule has 2 rings (SSSR count). The van der Waals surface area contributed by atoms with Gasteiger partial charge in [0.1, 0.15) is 6.04 Å². The monoisotopic (exact) mass is 273 g/mol. The first-order valence-corrected chi connectivity index (χ1v) is 5.35. The van der Waals surface area contributed by atoms with Gasteiger partial charge in [-0.2, -0.15) is 13.2 Å². The van der Waals surface area contributed by atoms with E-state index < -0.39 is 23.9 Å². The Hall–Kier alpha value is -1.96. The van der Waals surface area contributed by atoms with E-state index in [1.54, 1.807) is 0 Å². The normalized spacial score (nSPS) is 18.1. The third-order valence-electron chi connectivity index (χ3n) is 2.80. The summed E-state index contributed by atoms with van der Waals surface area (Å²) < 4.78 is 38.4. The van der Waals surface area contributed by atoms with Gasteiger partial charge in [0.2, 0.25) is 0 Å². The third-order valence-corrected chi connectivity index (χ3v) is 2.80. The van der Waals surface area contributed by atoms with Crippen LogP contribution in [-0.4, -0.2) is 23.3 Å². The molecule has 0 bridgehead atoms. The number of carboxylic acid groups (broad SMARTS) is 1. The number of halogens is 3. The molecule has 0 aliphatic carbocycles. The molecule has 1 aliphatic rings. The molecule has 1 aliphatic heterocycles. The van der Waals surface area contributed by atoms with Crippen molar-refractivity contribution in [1.82, 2.24) is 0 Å². The molecule has 0 aromatic heterocycles. The van der Waals surface area contributed by atoms with Gasteiger partial charge >= 0.3 is 17.8 Å². The summed E-state index contributed by atoms with van der Waals surface area (Å²) in [6.07, 6.45) is -4.66. The van der Waals surface area contributed by atoms with Crippen molar-refractivity contribution >= 4 is 5.97 Å². The Kier molecular flexibility index (Phi) is 3.05. The summed E-state index contributed by atoms with van der Waals surface area (Å²) in [6, 6.07) is 4.24. The molecule has 1 heterocycles. The maximum absolute atomic E-state index is 12.8. The van der Waals surface area contributed by atoms with Gasteiger partial charge in [0.05, 0.1) is 0 Å². The molecule has 0 spiro atoms. The zero-order chi connectivity index (χ0) is 14.3. The number of aliphatic carboxylic acids is 1. The molecule has 0 saturated carbocycles. The van der Waals surface area contributed by atoms with Crippen molar-refractivity contribution in [2.24, 2.45) is 16.0 Å². The van der Waals surface area contributed by atoms with Crippen LogP contribution in [0.2, 0.25) is 0 Å². The number of carbonyl (C=O) groups is 1. The topological polar surface area (TPSA) is 88.0 Å². The van der Waals surface area contributed by atoms with Gasteiger partial charge in [0.25, 0.3) is 0 Å². The average molecular weight is 273 g/mol. The summed E-state index contributed by atoms with van der Waals surface area (Å²) in [6.45, 7) is 0. The van der Waals surface area contributed by atoms with Crippen LogP contribution in [0.1, 0.15) is 11.1 Å². The lowest BCUT2D eigenvalue weighted by molar-refractivity contribution is -0.166. The van der Waals surface area contributed by atoms with Crippen molar-refractivity contribution < 1.29 is 23.1 Å². The maximum atomic E-state index is 12.8. The third kappa shape index (κ3) is 2.43. The number of hydrogen-bond acceptors (Lipinski definition) is 4. The minimum atomic E-state index is -4.60. The Labute approximate surface area is 105 Å². The summed E-state index contributed by atoms with van der Waals surface area (Å²) in [5.41, 5.74) is 3.12. The molecule has 3 N–H and O–H groups in total. The Balaban J connectivity index is 2.24. The molecule has 1 aromatic carbocycles. The van der Waals surface area contributed by atoms with Crippen LogP contribution in [0.4, 0.5) is 13.2 Å². The van der Waals surface area contributed by atoms with Crippen LogP contribution < -0.4 is 5.73 Å². The van der Waals surface area contributed by atoms with E-state index in [0.717, 1.165) is 0 Å². The quantitative estimate of drug-likeness (QED) is 0.877. The molecular formula is C11H10F3N3O2. The maximum Gasteiger partial charge on any atom is 0.442 e. The number of carboxylic acids is 1. The highest BCUT2D eigenvalue weighted by Gasteiger charge is 2.65. The first kappa shape index (κ1) is 13.5. The molecule has 0 saturated heterocycles. The summed E-state index contributed by atoms with van der Waals surface area (Å²) >= 11 is 0. The number of rotatable bonds is 4. The number of nitrogens with zero attached hydrogens (tertiary/aromatic N) is 2. The molecule has 1 atom stereocenters. The number of hydrogen-bond donors (Lipinski definition) is 2. The van der Waals surface area contributed by atoms with Crippen molar-refractivity contribution in [2.75, 3.05) is 0 Å². The van der Waals surface area contributed by atoms with Crippen molar-refractivity contribution in [3.8, 4) is 0 Å². The predicted molar refractivity (Wildman–Crippen MR) is 58.3 cm³/mol. The Bertz CT molecular complexity index is 536. The molecule has 102 valence electrons. The van der Waals surface area contributed by atoms with E-state index >= 15 is 0 Å². The van der Waals surface area contributed by atoms with E-state index in [9.17, 15) is 18.0 Å². The van der Waals surface area contributed by atoms with Gasteiger partial charge in [-0.1, -0.05) is 24.3 Å². The molecule has 8 heteroatoms.